The zero-order valence-corrected chi connectivity index (χ0v) is 16.4. The number of hydrogen-bond acceptors (Lipinski definition) is 2. The van der Waals surface area contributed by atoms with E-state index in [0.29, 0.717) is 17.8 Å². The summed E-state index contributed by atoms with van der Waals surface area (Å²) in [7, 11) is 0. The van der Waals surface area contributed by atoms with Gasteiger partial charge in [-0.2, -0.15) is 13.2 Å². The van der Waals surface area contributed by atoms with Gasteiger partial charge < -0.3 is 10.2 Å². The Balaban J connectivity index is 1.55. The van der Waals surface area contributed by atoms with Gasteiger partial charge in [0.2, 0.25) is 0 Å². The molecular weight excluding hydrogens is 353 g/mol. The molecule has 0 aromatic rings. The molecule has 0 spiro atoms. The molecule has 4 aliphatic carbocycles. The fraction of sp³-hybridized carbons (Fsp3) is 0.909. The maximum Gasteiger partial charge on any atom is 0.414 e. The van der Waals surface area contributed by atoms with Gasteiger partial charge in [0.25, 0.3) is 0 Å². The van der Waals surface area contributed by atoms with Gasteiger partial charge in [-0.05, 0) is 92.3 Å². The normalized spacial score (nSPS) is 48.3. The van der Waals surface area contributed by atoms with Crippen LogP contribution in [-0.4, -0.2) is 28.6 Å². The SMILES string of the molecule is CC12CCC(O)CC1=CC[C@@H]1C2CC[C@@]2(C)C1CC[C@@H]2C[C@@H](O)C(F)(F)F. The maximum atomic E-state index is 12.9. The lowest BCUT2D eigenvalue weighted by Crippen LogP contribution is -2.50. The van der Waals surface area contributed by atoms with E-state index in [0.717, 1.165) is 51.4 Å². The van der Waals surface area contributed by atoms with Crippen LogP contribution in [0, 0.1) is 34.5 Å². The van der Waals surface area contributed by atoms with Crippen molar-refractivity contribution in [2.45, 2.75) is 90.0 Å². The Labute approximate surface area is 160 Å². The molecule has 3 saturated carbocycles. The number of alkyl halides is 3. The highest BCUT2D eigenvalue weighted by molar-refractivity contribution is 5.25. The molecule has 0 aromatic heterocycles. The van der Waals surface area contributed by atoms with Crippen molar-refractivity contribution in [2.24, 2.45) is 34.5 Å². The third-order valence-electron chi connectivity index (χ3n) is 9.16. The minimum atomic E-state index is -4.51. The summed E-state index contributed by atoms with van der Waals surface area (Å²) in [6, 6.07) is 0. The average Bonchev–Trinajstić information content (AvgIpc) is 2.91. The number of aliphatic hydroxyl groups excluding tert-OH is 2. The maximum absolute atomic E-state index is 12.9. The molecule has 0 saturated heterocycles. The molecule has 5 heteroatoms. The predicted molar refractivity (Wildman–Crippen MR) is 97.9 cm³/mol. The first-order chi connectivity index (χ1) is 12.6. The second-order valence-corrected chi connectivity index (χ2v) is 10.3. The molecule has 0 bridgehead atoms. The second kappa shape index (κ2) is 6.48. The van der Waals surface area contributed by atoms with Gasteiger partial charge in [0.1, 0.15) is 6.10 Å². The van der Waals surface area contributed by atoms with E-state index in [1.807, 2.05) is 0 Å². The number of rotatable bonds is 2. The minimum Gasteiger partial charge on any atom is -0.393 e. The third kappa shape index (κ3) is 3.08. The highest BCUT2D eigenvalue weighted by atomic mass is 19.4. The molecule has 8 atom stereocenters. The molecule has 0 amide bonds. The molecule has 4 rings (SSSR count). The van der Waals surface area contributed by atoms with Crippen LogP contribution in [0.4, 0.5) is 13.2 Å². The van der Waals surface area contributed by atoms with Crippen LogP contribution in [-0.2, 0) is 0 Å². The smallest absolute Gasteiger partial charge is 0.393 e. The van der Waals surface area contributed by atoms with E-state index < -0.39 is 12.3 Å². The molecule has 4 unspecified atom stereocenters. The van der Waals surface area contributed by atoms with Crippen molar-refractivity contribution < 1.29 is 23.4 Å². The average molecular weight is 386 g/mol. The van der Waals surface area contributed by atoms with Gasteiger partial charge >= 0.3 is 6.18 Å². The quantitative estimate of drug-likeness (QED) is 0.637. The van der Waals surface area contributed by atoms with Crippen molar-refractivity contribution in [3.63, 3.8) is 0 Å². The summed E-state index contributed by atoms with van der Waals surface area (Å²) >= 11 is 0. The number of allylic oxidation sites excluding steroid dienone is 1. The van der Waals surface area contributed by atoms with Crippen LogP contribution in [0.1, 0.15) is 71.6 Å². The van der Waals surface area contributed by atoms with Gasteiger partial charge in [0, 0.05) is 0 Å². The van der Waals surface area contributed by atoms with Crippen LogP contribution in [0.25, 0.3) is 0 Å². The second-order valence-electron chi connectivity index (χ2n) is 10.3. The predicted octanol–water partition coefficient (Wildman–Crippen LogP) is 5.24. The summed E-state index contributed by atoms with van der Waals surface area (Å²) in [5.74, 6) is 1.56. The van der Waals surface area contributed by atoms with Gasteiger partial charge in [-0.15, -0.1) is 0 Å². The van der Waals surface area contributed by atoms with E-state index >= 15 is 0 Å². The molecule has 3 fully saturated rings. The molecule has 2 N–H and O–H groups in total. The Morgan fingerprint density at radius 1 is 1.11 bits per heavy atom. The molecule has 0 aromatic carbocycles. The number of halogens is 3. The van der Waals surface area contributed by atoms with Crippen molar-refractivity contribution in [3.05, 3.63) is 11.6 Å². The lowest BCUT2D eigenvalue weighted by Gasteiger charge is -2.58. The van der Waals surface area contributed by atoms with Crippen molar-refractivity contribution in [3.8, 4) is 0 Å². The first-order valence-electron chi connectivity index (χ1n) is 10.7. The topological polar surface area (TPSA) is 40.5 Å². The third-order valence-corrected chi connectivity index (χ3v) is 9.16. The fourth-order valence-corrected chi connectivity index (χ4v) is 7.54. The summed E-state index contributed by atoms with van der Waals surface area (Å²) in [5.41, 5.74) is 1.50. The Kier molecular flexibility index (Phi) is 4.74. The Morgan fingerprint density at radius 3 is 2.56 bits per heavy atom. The van der Waals surface area contributed by atoms with Crippen LogP contribution >= 0.6 is 0 Å². The van der Waals surface area contributed by atoms with Crippen LogP contribution in [0.5, 0.6) is 0 Å². The van der Waals surface area contributed by atoms with E-state index in [-0.39, 0.29) is 29.3 Å². The Morgan fingerprint density at radius 2 is 1.85 bits per heavy atom. The zero-order valence-electron chi connectivity index (χ0n) is 16.4. The molecule has 4 aliphatic rings. The zero-order chi connectivity index (χ0) is 19.6. The number of hydrogen-bond donors (Lipinski definition) is 2. The summed E-state index contributed by atoms with van der Waals surface area (Å²) in [5, 5.41) is 19.7. The molecule has 0 radical (unpaired) electrons. The summed E-state index contributed by atoms with van der Waals surface area (Å²) < 4.78 is 38.7. The van der Waals surface area contributed by atoms with Crippen molar-refractivity contribution in [2.75, 3.05) is 0 Å². The molecular formula is C22H33F3O2. The van der Waals surface area contributed by atoms with E-state index in [9.17, 15) is 23.4 Å². The van der Waals surface area contributed by atoms with Crippen LogP contribution in [0.2, 0.25) is 0 Å². The van der Waals surface area contributed by atoms with Crippen molar-refractivity contribution in [1.29, 1.82) is 0 Å². The molecule has 27 heavy (non-hydrogen) atoms. The Bertz CT molecular complexity index is 615. The summed E-state index contributed by atoms with van der Waals surface area (Å²) in [6.07, 6.45) is 2.84. The first-order valence-corrected chi connectivity index (χ1v) is 10.7. The minimum absolute atomic E-state index is 0.0357. The highest BCUT2D eigenvalue weighted by Crippen LogP contribution is 2.66. The fourth-order valence-electron chi connectivity index (χ4n) is 7.54. The van der Waals surface area contributed by atoms with Gasteiger partial charge in [-0.3, -0.25) is 0 Å². The van der Waals surface area contributed by atoms with Crippen molar-refractivity contribution in [1.82, 2.24) is 0 Å². The lowest BCUT2D eigenvalue weighted by molar-refractivity contribution is -0.211. The van der Waals surface area contributed by atoms with Crippen LogP contribution < -0.4 is 0 Å². The van der Waals surface area contributed by atoms with E-state index in [2.05, 4.69) is 19.9 Å². The standard InChI is InChI=1S/C22H33F3O2/c1-20-9-7-15(26)11-13(20)3-5-16-17-6-4-14(12-19(27)22(23,24)25)21(17,2)10-8-18(16)20/h3,14-19,26-27H,4-12H2,1-2H3/t14-,15?,16+,17?,18?,19-,20?,21-/m1/s1. The van der Waals surface area contributed by atoms with E-state index in [1.54, 1.807) is 0 Å². The molecule has 154 valence electrons. The van der Waals surface area contributed by atoms with Gasteiger partial charge in [-0.1, -0.05) is 25.5 Å². The summed E-state index contributed by atoms with van der Waals surface area (Å²) in [4.78, 5) is 0. The monoisotopic (exact) mass is 386 g/mol. The first kappa shape index (κ1) is 19.8. The van der Waals surface area contributed by atoms with E-state index in [4.69, 9.17) is 0 Å². The lowest BCUT2D eigenvalue weighted by atomic mass is 9.47. The van der Waals surface area contributed by atoms with E-state index in [1.165, 1.54) is 5.57 Å². The van der Waals surface area contributed by atoms with Gasteiger partial charge in [0.15, 0.2) is 0 Å². The summed E-state index contributed by atoms with van der Waals surface area (Å²) in [6.45, 7) is 4.56. The van der Waals surface area contributed by atoms with Crippen LogP contribution in [0.15, 0.2) is 11.6 Å². The largest absolute Gasteiger partial charge is 0.414 e. The Hall–Kier alpha value is -0.550. The number of aliphatic hydroxyl groups is 2. The molecule has 0 heterocycles. The number of fused-ring (bicyclic) bond motifs is 5. The highest BCUT2D eigenvalue weighted by Gasteiger charge is 2.59. The van der Waals surface area contributed by atoms with Gasteiger partial charge in [-0.25, -0.2) is 0 Å². The van der Waals surface area contributed by atoms with Crippen LogP contribution in [0.3, 0.4) is 0 Å². The van der Waals surface area contributed by atoms with Crippen molar-refractivity contribution >= 4 is 0 Å². The van der Waals surface area contributed by atoms with Gasteiger partial charge in [0.05, 0.1) is 6.10 Å². The molecule has 2 nitrogen and oxygen atoms in total. The molecule has 0 aliphatic heterocycles.